The van der Waals surface area contributed by atoms with E-state index in [2.05, 4.69) is 18.2 Å². The van der Waals surface area contributed by atoms with Crippen molar-refractivity contribution in [1.82, 2.24) is 0 Å². The van der Waals surface area contributed by atoms with E-state index >= 15 is 0 Å². The molecular formula is C22H31ClO4. The Kier molecular flexibility index (Phi) is 7.18. The molecule has 3 N–H and O–H groups in total. The molecule has 2 aliphatic carbocycles. The van der Waals surface area contributed by atoms with Gasteiger partial charge in [0, 0.05) is 30.2 Å². The highest BCUT2D eigenvalue weighted by Gasteiger charge is 2.42. The van der Waals surface area contributed by atoms with Gasteiger partial charge in [-0.3, -0.25) is 4.79 Å². The van der Waals surface area contributed by atoms with Gasteiger partial charge in [-0.05, 0) is 54.7 Å². The van der Waals surface area contributed by atoms with Gasteiger partial charge in [0.25, 0.3) is 0 Å². The molecule has 1 aromatic carbocycles. The SMILES string of the molecule is O=C(O)CCCCCC[C@H]1C(Cl)C[C@@H](O)[C@@H]1c1ccc2c(c1)CCC2CO. The van der Waals surface area contributed by atoms with Gasteiger partial charge < -0.3 is 15.3 Å². The largest absolute Gasteiger partial charge is 0.481 e. The molecule has 2 aliphatic rings. The molecule has 0 spiro atoms. The van der Waals surface area contributed by atoms with Crippen LogP contribution in [0.1, 0.15) is 79.9 Å². The maximum absolute atomic E-state index is 10.6. The van der Waals surface area contributed by atoms with Gasteiger partial charge in [0.05, 0.1) is 6.10 Å². The monoisotopic (exact) mass is 394 g/mol. The van der Waals surface area contributed by atoms with Crippen molar-refractivity contribution in [2.24, 2.45) is 5.92 Å². The van der Waals surface area contributed by atoms with Gasteiger partial charge in [-0.1, -0.05) is 37.5 Å². The third-order valence-corrected chi connectivity index (χ3v) is 6.96. The molecule has 5 heteroatoms. The fourth-order valence-electron chi connectivity index (χ4n) is 5.02. The molecule has 0 saturated heterocycles. The highest BCUT2D eigenvalue weighted by atomic mass is 35.5. The predicted molar refractivity (Wildman–Crippen MR) is 106 cm³/mol. The second-order valence-electron chi connectivity index (χ2n) is 8.23. The lowest BCUT2D eigenvalue weighted by atomic mass is 9.83. The van der Waals surface area contributed by atoms with E-state index in [4.69, 9.17) is 16.7 Å². The number of aliphatic hydroxyl groups is 2. The molecule has 150 valence electrons. The molecule has 3 rings (SSSR count). The Morgan fingerprint density at radius 3 is 2.70 bits per heavy atom. The second-order valence-corrected chi connectivity index (χ2v) is 8.79. The van der Waals surface area contributed by atoms with Crippen LogP contribution in [0.15, 0.2) is 18.2 Å². The third-order valence-electron chi connectivity index (χ3n) is 6.46. The van der Waals surface area contributed by atoms with E-state index in [0.717, 1.165) is 44.9 Å². The Morgan fingerprint density at radius 2 is 1.96 bits per heavy atom. The van der Waals surface area contributed by atoms with Crippen molar-refractivity contribution in [3.8, 4) is 0 Å². The van der Waals surface area contributed by atoms with Crippen molar-refractivity contribution in [3.63, 3.8) is 0 Å². The summed E-state index contributed by atoms with van der Waals surface area (Å²) >= 11 is 6.59. The lowest BCUT2D eigenvalue weighted by Gasteiger charge is -2.25. The predicted octanol–water partition coefficient (Wildman–Crippen LogP) is 4.21. The number of fused-ring (bicyclic) bond motifs is 1. The van der Waals surface area contributed by atoms with Gasteiger partial charge in [0.2, 0.25) is 0 Å². The van der Waals surface area contributed by atoms with Crippen LogP contribution in [-0.2, 0) is 11.2 Å². The van der Waals surface area contributed by atoms with Crippen LogP contribution in [-0.4, -0.2) is 39.4 Å². The van der Waals surface area contributed by atoms with Crippen LogP contribution in [0.2, 0.25) is 0 Å². The molecule has 0 amide bonds. The van der Waals surface area contributed by atoms with Crippen LogP contribution in [0.25, 0.3) is 0 Å². The zero-order valence-electron chi connectivity index (χ0n) is 15.8. The first-order valence-corrected chi connectivity index (χ1v) is 10.7. The number of unbranched alkanes of at least 4 members (excludes halogenated alkanes) is 3. The molecule has 0 radical (unpaired) electrons. The maximum atomic E-state index is 10.6. The number of halogens is 1. The number of aliphatic carboxylic acids is 1. The van der Waals surface area contributed by atoms with Gasteiger partial charge in [0.1, 0.15) is 0 Å². The van der Waals surface area contributed by atoms with Crippen molar-refractivity contribution in [1.29, 1.82) is 0 Å². The Balaban J connectivity index is 1.62. The highest BCUT2D eigenvalue weighted by Crippen LogP contribution is 2.46. The zero-order chi connectivity index (χ0) is 19.4. The van der Waals surface area contributed by atoms with Gasteiger partial charge in [0.15, 0.2) is 0 Å². The Hall–Kier alpha value is -1.10. The summed E-state index contributed by atoms with van der Waals surface area (Å²) in [6.45, 7) is 0.201. The molecule has 1 aromatic rings. The van der Waals surface area contributed by atoms with Gasteiger partial charge >= 0.3 is 5.97 Å². The van der Waals surface area contributed by atoms with E-state index in [1.807, 2.05) is 0 Å². The summed E-state index contributed by atoms with van der Waals surface area (Å²) in [5.74, 6) is -0.140. The van der Waals surface area contributed by atoms with Crippen LogP contribution in [0.3, 0.4) is 0 Å². The molecule has 2 unspecified atom stereocenters. The minimum absolute atomic E-state index is 0.0116. The molecular weight excluding hydrogens is 364 g/mol. The Labute approximate surface area is 166 Å². The fraction of sp³-hybridized carbons (Fsp3) is 0.682. The first kappa shape index (κ1) is 20.6. The average molecular weight is 395 g/mol. The number of alkyl halides is 1. The van der Waals surface area contributed by atoms with Crippen LogP contribution >= 0.6 is 11.6 Å². The first-order chi connectivity index (χ1) is 13.0. The molecule has 4 nitrogen and oxygen atoms in total. The normalized spacial score (nSPS) is 29.8. The summed E-state index contributed by atoms with van der Waals surface area (Å²) in [7, 11) is 0. The van der Waals surface area contributed by atoms with Gasteiger partial charge in [-0.25, -0.2) is 0 Å². The van der Waals surface area contributed by atoms with Gasteiger partial charge in [-0.15, -0.1) is 11.6 Å². The zero-order valence-corrected chi connectivity index (χ0v) is 16.6. The van der Waals surface area contributed by atoms with Crippen LogP contribution in [0, 0.1) is 5.92 Å². The lowest BCUT2D eigenvalue weighted by Crippen LogP contribution is -2.19. The van der Waals surface area contributed by atoms with Crippen LogP contribution in [0.5, 0.6) is 0 Å². The molecule has 0 aliphatic heterocycles. The maximum Gasteiger partial charge on any atom is 0.303 e. The molecule has 0 aromatic heterocycles. The number of hydrogen-bond donors (Lipinski definition) is 3. The number of hydrogen-bond acceptors (Lipinski definition) is 3. The van der Waals surface area contributed by atoms with E-state index in [9.17, 15) is 15.0 Å². The molecule has 5 atom stereocenters. The van der Waals surface area contributed by atoms with E-state index in [-0.39, 0.29) is 36.2 Å². The lowest BCUT2D eigenvalue weighted by molar-refractivity contribution is -0.137. The molecule has 1 saturated carbocycles. The van der Waals surface area contributed by atoms with E-state index in [1.54, 1.807) is 0 Å². The summed E-state index contributed by atoms with van der Waals surface area (Å²) in [5.41, 5.74) is 3.74. The van der Waals surface area contributed by atoms with E-state index in [0.29, 0.717) is 6.42 Å². The fourth-order valence-corrected chi connectivity index (χ4v) is 5.49. The summed E-state index contributed by atoms with van der Waals surface area (Å²) in [5, 5.41) is 28.8. The number of rotatable bonds is 9. The third kappa shape index (κ3) is 4.85. The number of benzene rings is 1. The van der Waals surface area contributed by atoms with Crippen molar-refractivity contribution >= 4 is 17.6 Å². The number of carbonyl (C=O) groups is 1. The summed E-state index contributed by atoms with van der Waals surface area (Å²) < 4.78 is 0. The number of aliphatic hydroxyl groups excluding tert-OH is 2. The Morgan fingerprint density at radius 1 is 1.19 bits per heavy atom. The minimum atomic E-state index is -0.727. The number of carboxylic acids is 1. The van der Waals surface area contributed by atoms with Crippen molar-refractivity contribution < 1.29 is 20.1 Å². The topological polar surface area (TPSA) is 77.8 Å². The molecule has 1 fully saturated rings. The summed E-state index contributed by atoms with van der Waals surface area (Å²) in [6.07, 6.45) is 7.13. The molecule has 0 heterocycles. The molecule has 27 heavy (non-hydrogen) atoms. The van der Waals surface area contributed by atoms with Crippen molar-refractivity contribution in [2.75, 3.05) is 6.61 Å². The van der Waals surface area contributed by atoms with Crippen LogP contribution in [0.4, 0.5) is 0 Å². The summed E-state index contributed by atoms with van der Waals surface area (Å²) in [4.78, 5) is 10.6. The summed E-state index contributed by atoms with van der Waals surface area (Å²) in [6, 6.07) is 6.49. The first-order valence-electron chi connectivity index (χ1n) is 10.3. The van der Waals surface area contributed by atoms with Crippen molar-refractivity contribution in [2.45, 2.75) is 81.1 Å². The minimum Gasteiger partial charge on any atom is -0.481 e. The quantitative estimate of drug-likeness (QED) is 0.433. The van der Waals surface area contributed by atoms with E-state index in [1.165, 1.54) is 16.7 Å². The van der Waals surface area contributed by atoms with E-state index < -0.39 is 12.1 Å². The second kappa shape index (κ2) is 9.40. The standard InChI is InChI=1S/C22H31ClO4/c23-19-12-20(25)22(18(19)5-3-1-2-4-6-21(26)27)15-9-10-17-14(11-15)7-8-16(17)13-24/h9-11,16,18-20,22,24-25H,1-8,12-13H2,(H,26,27)/t16?,18-,19?,20+,22+/m0/s1. The average Bonchev–Trinajstić information content (AvgIpc) is 3.17. The number of carboxylic acid groups (broad SMARTS) is 1. The number of aryl methyl sites for hydroxylation is 1. The van der Waals surface area contributed by atoms with Crippen LogP contribution < -0.4 is 0 Å². The smallest absolute Gasteiger partial charge is 0.303 e. The van der Waals surface area contributed by atoms with Gasteiger partial charge in [-0.2, -0.15) is 0 Å². The van der Waals surface area contributed by atoms with Crippen molar-refractivity contribution in [3.05, 3.63) is 34.9 Å². The highest BCUT2D eigenvalue weighted by molar-refractivity contribution is 6.21. The Bertz CT molecular complexity index is 647. The molecule has 0 bridgehead atoms.